The van der Waals surface area contributed by atoms with Gasteiger partial charge in [-0.3, -0.25) is 9.59 Å². The largest absolute Gasteiger partial charge is 0.469 e. The summed E-state index contributed by atoms with van der Waals surface area (Å²) in [6, 6.07) is 0. The number of ether oxygens (including phenoxy) is 4. The second-order valence-electron chi connectivity index (χ2n) is 11.0. The topological polar surface area (TPSA) is 91.3 Å². The van der Waals surface area contributed by atoms with E-state index in [2.05, 4.69) is 6.92 Å². The first kappa shape index (κ1) is 21.7. The zero-order chi connectivity index (χ0) is 22.2. The van der Waals surface area contributed by atoms with Crippen molar-refractivity contribution in [3.05, 3.63) is 0 Å². The normalized spacial score (nSPS) is 52.6. The van der Waals surface area contributed by atoms with Crippen molar-refractivity contribution in [1.29, 1.82) is 0 Å². The van der Waals surface area contributed by atoms with Crippen LogP contribution in [0.4, 0.5) is 0 Å². The molecule has 0 aromatic heterocycles. The van der Waals surface area contributed by atoms with Gasteiger partial charge in [-0.1, -0.05) is 6.92 Å². The Bertz CT molecular complexity index is 784. The van der Waals surface area contributed by atoms with Crippen LogP contribution in [-0.4, -0.2) is 54.9 Å². The summed E-state index contributed by atoms with van der Waals surface area (Å²) in [5.41, 5.74) is -2.01. The summed E-state index contributed by atoms with van der Waals surface area (Å²) in [6.45, 7) is 3.67. The van der Waals surface area contributed by atoms with Crippen LogP contribution in [0.3, 0.4) is 0 Å². The minimum Gasteiger partial charge on any atom is -0.469 e. The van der Waals surface area contributed by atoms with Crippen LogP contribution in [0, 0.1) is 28.6 Å². The van der Waals surface area contributed by atoms with Gasteiger partial charge in [-0.25, -0.2) is 0 Å². The number of rotatable bonds is 3. The molecule has 1 saturated heterocycles. The molecule has 174 valence electrons. The van der Waals surface area contributed by atoms with Crippen LogP contribution in [0.25, 0.3) is 0 Å². The first-order chi connectivity index (χ1) is 14.7. The SMILES string of the molecule is COC(=O)[C@@H]1CC[C@H]2[C@]1(C)CC[C@@H]1[C@]23CC[C@@]2(O)C[C@@H](OC(C)=O)CC[C@@]12[C@@H](OC)O3. The molecule has 5 rings (SSSR count). The highest BCUT2D eigenvalue weighted by Gasteiger charge is 2.79. The predicted molar refractivity (Wildman–Crippen MR) is 110 cm³/mol. The molecule has 0 amide bonds. The summed E-state index contributed by atoms with van der Waals surface area (Å²) >= 11 is 0. The third-order valence-electron chi connectivity index (χ3n) is 10.1. The van der Waals surface area contributed by atoms with Crippen molar-refractivity contribution >= 4 is 11.9 Å². The second kappa shape index (κ2) is 6.91. The van der Waals surface area contributed by atoms with Gasteiger partial charge < -0.3 is 24.1 Å². The molecule has 4 saturated carbocycles. The maximum atomic E-state index is 12.6. The summed E-state index contributed by atoms with van der Waals surface area (Å²) in [5, 5.41) is 12.0. The number of aliphatic hydroxyl groups is 1. The predicted octanol–water partition coefficient (Wildman–Crippen LogP) is 2.97. The van der Waals surface area contributed by atoms with Gasteiger partial charge in [-0.2, -0.15) is 0 Å². The van der Waals surface area contributed by atoms with E-state index < -0.39 is 17.3 Å². The average molecular weight is 437 g/mol. The van der Waals surface area contributed by atoms with Crippen LogP contribution in [0.2, 0.25) is 0 Å². The molecule has 7 heteroatoms. The molecule has 1 N–H and O–H groups in total. The fraction of sp³-hybridized carbons (Fsp3) is 0.917. The minimum absolute atomic E-state index is 0.0977. The molecule has 2 bridgehead atoms. The molecular weight excluding hydrogens is 400 g/mol. The molecule has 9 atom stereocenters. The van der Waals surface area contributed by atoms with Gasteiger partial charge in [0.15, 0.2) is 6.29 Å². The van der Waals surface area contributed by atoms with E-state index in [0.717, 1.165) is 38.5 Å². The number of methoxy groups -OCH3 is 2. The summed E-state index contributed by atoms with van der Waals surface area (Å²) < 4.78 is 23.5. The van der Waals surface area contributed by atoms with Gasteiger partial charge in [0, 0.05) is 26.4 Å². The van der Waals surface area contributed by atoms with Crippen LogP contribution < -0.4 is 0 Å². The summed E-state index contributed by atoms with van der Waals surface area (Å²) in [4.78, 5) is 24.2. The molecule has 31 heavy (non-hydrogen) atoms. The van der Waals surface area contributed by atoms with Gasteiger partial charge in [-0.05, 0) is 62.7 Å². The fourth-order valence-electron chi connectivity index (χ4n) is 9.06. The van der Waals surface area contributed by atoms with Crippen molar-refractivity contribution in [3.8, 4) is 0 Å². The highest BCUT2D eigenvalue weighted by Crippen LogP contribution is 2.75. The maximum Gasteiger partial charge on any atom is 0.309 e. The van der Waals surface area contributed by atoms with Crippen LogP contribution in [0.15, 0.2) is 0 Å². The van der Waals surface area contributed by atoms with Crippen LogP contribution >= 0.6 is 0 Å². The molecule has 7 nitrogen and oxygen atoms in total. The molecule has 1 aliphatic heterocycles. The molecule has 1 spiro atoms. The van der Waals surface area contributed by atoms with Crippen LogP contribution in [0.5, 0.6) is 0 Å². The molecule has 0 unspecified atom stereocenters. The lowest BCUT2D eigenvalue weighted by molar-refractivity contribution is -0.241. The molecule has 5 aliphatic rings. The lowest BCUT2D eigenvalue weighted by Crippen LogP contribution is -2.67. The molecule has 0 aromatic carbocycles. The molecule has 1 heterocycles. The molecule has 0 radical (unpaired) electrons. The van der Waals surface area contributed by atoms with E-state index in [4.69, 9.17) is 18.9 Å². The van der Waals surface area contributed by atoms with Crippen molar-refractivity contribution < 1.29 is 33.6 Å². The van der Waals surface area contributed by atoms with Gasteiger partial charge >= 0.3 is 11.9 Å². The van der Waals surface area contributed by atoms with Crippen molar-refractivity contribution in [2.24, 2.45) is 28.6 Å². The number of esters is 2. The van der Waals surface area contributed by atoms with E-state index in [1.54, 1.807) is 7.11 Å². The Balaban J connectivity index is 1.53. The maximum absolute atomic E-state index is 12.6. The Morgan fingerprint density at radius 1 is 1.00 bits per heavy atom. The van der Waals surface area contributed by atoms with E-state index in [0.29, 0.717) is 19.3 Å². The standard InChI is InChI=1S/C24H36O7/c1-14(25)30-15-7-10-23-18-8-9-21(2)16(19(26)28-3)5-6-17(21)24(18,31-20(23)29-4)12-11-22(23,27)13-15/h15-18,20,27H,5-13H2,1-4H3/t15-,16-,17-,18-,20-,21+,22+,23-,24-/m0/s1. The first-order valence-corrected chi connectivity index (χ1v) is 11.8. The average Bonchev–Trinajstić information content (AvgIpc) is 3.19. The number of hydrogen-bond acceptors (Lipinski definition) is 7. The highest BCUT2D eigenvalue weighted by atomic mass is 16.7. The molecule has 5 fully saturated rings. The zero-order valence-corrected chi connectivity index (χ0v) is 19.1. The van der Waals surface area contributed by atoms with E-state index >= 15 is 0 Å². The second-order valence-corrected chi connectivity index (χ2v) is 11.0. The van der Waals surface area contributed by atoms with Crippen molar-refractivity contribution in [3.63, 3.8) is 0 Å². The van der Waals surface area contributed by atoms with E-state index in [1.807, 2.05) is 0 Å². The third kappa shape index (κ3) is 2.57. The lowest BCUT2D eigenvalue weighted by atomic mass is 9.42. The monoisotopic (exact) mass is 436 g/mol. The van der Waals surface area contributed by atoms with Crippen LogP contribution in [0.1, 0.15) is 71.6 Å². The Kier molecular flexibility index (Phi) is 4.83. The van der Waals surface area contributed by atoms with Crippen molar-refractivity contribution in [2.75, 3.05) is 14.2 Å². The smallest absolute Gasteiger partial charge is 0.309 e. The highest BCUT2D eigenvalue weighted by molar-refractivity contribution is 5.74. The summed E-state index contributed by atoms with van der Waals surface area (Å²) in [6.07, 6.45) is 6.08. The van der Waals surface area contributed by atoms with Crippen LogP contribution in [-0.2, 0) is 28.5 Å². The molecule has 0 aromatic rings. The lowest BCUT2D eigenvalue weighted by Gasteiger charge is -2.63. The van der Waals surface area contributed by atoms with E-state index in [1.165, 1.54) is 14.0 Å². The van der Waals surface area contributed by atoms with Gasteiger partial charge in [0.1, 0.15) is 6.10 Å². The molecular formula is C24H36O7. The third-order valence-corrected chi connectivity index (χ3v) is 10.1. The van der Waals surface area contributed by atoms with Gasteiger partial charge in [0.05, 0.1) is 29.6 Å². The Morgan fingerprint density at radius 3 is 2.45 bits per heavy atom. The minimum atomic E-state index is -0.981. The quantitative estimate of drug-likeness (QED) is 0.680. The number of carbonyl (C=O) groups excluding carboxylic acids is 2. The Hall–Kier alpha value is -1.18. The van der Waals surface area contributed by atoms with Crippen molar-refractivity contribution in [1.82, 2.24) is 0 Å². The first-order valence-electron chi connectivity index (χ1n) is 11.8. The van der Waals surface area contributed by atoms with Gasteiger partial charge in [0.25, 0.3) is 0 Å². The Labute approximate surface area is 184 Å². The van der Waals surface area contributed by atoms with Gasteiger partial charge in [-0.15, -0.1) is 0 Å². The van der Waals surface area contributed by atoms with E-state index in [-0.39, 0.29) is 46.8 Å². The zero-order valence-electron chi connectivity index (χ0n) is 19.1. The number of fused-ring (bicyclic) bond motifs is 1. The fourth-order valence-corrected chi connectivity index (χ4v) is 9.06. The number of carbonyl (C=O) groups is 2. The summed E-state index contributed by atoms with van der Waals surface area (Å²) in [5.74, 6) is -0.0782. The summed E-state index contributed by atoms with van der Waals surface area (Å²) in [7, 11) is 3.15. The van der Waals surface area contributed by atoms with Gasteiger partial charge in [0.2, 0.25) is 0 Å². The van der Waals surface area contributed by atoms with E-state index in [9.17, 15) is 14.7 Å². The molecule has 4 aliphatic carbocycles. The Morgan fingerprint density at radius 2 is 1.77 bits per heavy atom. The number of hydrogen-bond donors (Lipinski definition) is 1. The van der Waals surface area contributed by atoms with Crippen molar-refractivity contribution in [2.45, 2.75) is 95.2 Å².